The van der Waals surface area contributed by atoms with E-state index < -0.39 is 23.5 Å². The number of thiazole rings is 4. The summed E-state index contributed by atoms with van der Waals surface area (Å²) >= 11 is 6.19. The average Bonchev–Trinajstić information content (AvgIpc) is 1.56. The Balaban J connectivity index is 0.000000156. The molecule has 26 nitrogen and oxygen atoms in total. The number of ether oxygens (including phenoxy) is 4. The second-order valence-corrected chi connectivity index (χ2v) is 32.4. The number of methoxy groups -OCH3 is 1. The fraction of sp³-hybridized carbons (Fsp3) is 0.366. The van der Waals surface area contributed by atoms with Crippen LogP contribution < -0.4 is 42.5 Å². The maximum Gasteiger partial charge on any atom is 0.416 e. The number of aryl methyl sites for hydroxylation is 9. The Morgan fingerprint density at radius 3 is 1.40 bits per heavy atom. The smallest absolute Gasteiger partial charge is 0.416 e. The van der Waals surface area contributed by atoms with E-state index in [2.05, 4.69) is 174 Å². The van der Waals surface area contributed by atoms with E-state index in [9.17, 15) is 26.3 Å². The summed E-state index contributed by atoms with van der Waals surface area (Å²) in [7, 11) is 3.41. The first-order chi connectivity index (χ1) is 56.6. The zero-order chi connectivity index (χ0) is 84.0. The van der Waals surface area contributed by atoms with Crippen LogP contribution in [0.4, 0.5) is 72.9 Å². The fourth-order valence-electron chi connectivity index (χ4n) is 12.4. The number of anilines is 8. The van der Waals surface area contributed by atoms with E-state index in [-0.39, 0.29) is 41.1 Å². The number of hydrogen-bond donors (Lipinski definition) is 6. The number of nitrogens with zero attached hydrogens (tertiary/aromatic N) is 14. The summed E-state index contributed by atoms with van der Waals surface area (Å²) in [5.74, 6) is 12.0. The molecule has 0 bridgehead atoms. The molecule has 0 amide bonds. The van der Waals surface area contributed by atoms with Gasteiger partial charge in [0.1, 0.15) is 67.5 Å². The molecule has 118 heavy (non-hydrogen) atoms. The third-order valence-electron chi connectivity index (χ3n) is 18.3. The number of likely N-dealkylation sites (N-methyl/N-ethyl adjacent to an activating group) is 1. The lowest BCUT2D eigenvalue weighted by molar-refractivity contribution is -0.161. The van der Waals surface area contributed by atoms with Gasteiger partial charge >= 0.3 is 12.4 Å². The van der Waals surface area contributed by atoms with Crippen molar-refractivity contribution < 1.29 is 55.0 Å². The Morgan fingerprint density at radius 1 is 0.492 bits per heavy atom. The van der Waals surface area contributed by atoms with Gasteiger partial charge in [0.25, 0.3) is 0 Å². The largest absolute Gasteiger partial charge is 0.497 e. The zero-order valence-corrected chi connectivity index (χ0v) is 70.5. The highest BCUT2D eigenvalue weighted by molar-refractivity contribution is 7.16. The molecule has 624 valence electrons. The van der Waals surface area contributed by atoms with Gasteiger partial charge in [-0.25, -0.2) is 71.6 Å². The molecule has 8 aromatic heterocycles. The van der Waals surface area contributed by atoms with Crippen LogP contribution in [0.5, 0.6) is 11.5 Å². The Labute approximate surface area is 696 Å². The summed E-state index contributed by atoms with van der Waals surface area (Å²) in [4.78, 5) is 71.7. The molecule has 0 spiro atoms. The molecule has 8 N–H and O–H groups in total. The van der Waals surface area contributed by atoms with E-state index in [0.717, 1.165) is 176 Å². The van der Waals surface area contributed by atoms with Crippen LogP contribution in [0, 0.1) is 55.4 Å². The van der Waals surface area contributed by atoms with Crippen LogP contribution in [0.3, 0.4) is 0 Å². The lowest BCUT2D eigenvalue weighted by atomic mass is 10.1. The van der Waals surface area contributed by atoms with Crippen molar-refractivity contribution in [1.82, 2.24) is 69.6 Å². The minimum absolute atomic E-state index is 0.0783. The second kappa shape index (κ2) is 41.9. The predicted octanol–water partition coefficient (Wildman–Crippen LogP) is 18.3. The maximum absolute atomic E-state index is 13.5. The summed E-state index contributed by atoms with van der Waals surface area (Å²) in [6.45, 7) is 25.3. The van der Waals surface area contributed by atoms with Crippen LogP contribution in [0.2, 0.25) is 0 Å². The molecule has 2 fully saturated rings. The Bertz CT molecular complexity index is 5230. The molecule has 1 atom stereocenters. The van der Waals surface area contributed by atoms with Crippen molar-refractivity contribution in [2.24, 2.45) is 11.8 Å². The SMILES string of the molecule is CCc1sc(-c2ccnc(Nc3cc(C)cc(C)c3)n2)nc1CON.COc1cc(Nc2nccc(-c3nc(C)c(CCOC4CCCCO4)s3)n2)cc(C(F)(F)F)c1.Cc1cc(C)cc(Nc2nccc(-c3nc(CON)c(C)s3)n2)c1.Cc1nc(-c2ccnc(Nc3cc(OCCCN4CCN(C)CC4)cc(C(F)(F)F)c3)n2)sc1C. The highest BCUT2D eigenvalue weighted by Gasteiger charge is 2.33. The number of halogens is 6. The summed E-state index contributed by atoms with van der Waals surface area (Å²) in [5, 5.41) is 15.4. The number of nitrogens with two attached hydrogens (primary N) is 2. The molecule has 2 aliphatic heterocycles. The molecule has 36 heteroatoms. The molecule has 0 aliphatic carbocycles. The molecule has 2 aliphatic rings. The molecule has 4 aromatic carbocycles. The molecule has 1 unspecified atom stereocenters. The highest BCUT2D eigenvalue weighted by atomic mass is 32.1. The van der Waals surface area contributed by atoms with Crippen molar-refractivity contribution in [2.45, 2.75) is 133 Å². The second-order valence-electron chi connectivity index (χ2n) is 27.8. The van der Waals surface area contributed by atoms with Crippen molar-refractivity contribution in [3.05, 3.63) is 198 Å². The molecule has 0 radical (unpaired) electrons. The third kappa shape index (κ3) is 26.1. The van der Waals surface area contributed by atoms with E-state index in [1.165, 1.54) is 64.3 Å². The molecule has 0 saturated carbocycles. The highest BCUT2D eigenvalue weighted by Crippen LogP contribution is 2.39. The lowest BCUT2D eigenvalue weighted by Gasteiger charge is -2.32. The van der Waals surface area contributed by atoms with Crippen LogP contribution in [-0.2, 0) is 57.6 Å². The van der Waals surface area contributed by atoms with Crippen LogP contribution in [-0.4, -0.2) is 143 Å². The number of aromatic nitrogens is 12. The van der Waals surface area contributed by atoms with Gasteiger partial charge in [-0.05, 0) is 190 Å². The van der Waals surface area contributed by atoms with Crippen molar-refractivity contribution in [3.63, 3.8) is 0 Å². The number of alkyl halides is 6. The first kappa shape index (κ1) is 88.6. The van der Waals surface area contributed by atoms with E-state index in [4.69, 9.17) is 35.6 Å². The Morgan fingerprint density at radius 2 is 0.932 bits per heavy atom. The van der Waals surface area contributed by atoms with Crippen molar-refractivity contribution in [1.29, 1.82) is 0 Å². The van der Waals surface area contributed by atoms with Crippen molar-refractivity contribution in [2.75, 3.05) is 88.0 Å². The van der Waals surface area contributed by atoms with Gasteiger partial charge in [0.15, 0.2) is 6.29 Å². The topological polar surface area (TPSA) is 317 Å². The monoisotopic (exact) mass is 1700 g/mol. The van der Waals surface area contributed by atoms with E-state index >= 15 is 0 Å². The number of benzene rings is 4. The van der Waals surface area contributed by atoms with E-state index in [0.29, 0.717) is 61.1 Å². The zero-order valence-electron chi connectivity index (χ0n) is 67.2. The van der Waals surface area contributed by atoms with E-state index in [1.54, 1.807) is 59.5 Å². The maximum atomic E-state index is 13.5. The van der Waals surface area contributed by atoms with Gasteiger partial charge in [-0.2, -0.15) is 26.3 Å². The molecule has 12 aromatic rings. The normalized spacial score (nSPS) is 13.8. The molecule has 10 heterocycles. The first-order valence-electron chi connectivity index (χ1n) is 37.9. The molecule has 2 saturated heterocycles. The minimum atomic E-state index is -4.51. The van der Waals surface area contributed by atoms with Crippen LogP contribution >= 0.6 is 45.3 Å². The van der Waals surface area contributed by atoms with Gasteiger partial charge in [-0.15, -0.1) is 45.3 Å². The molecular weight excluding hydrogens is 1600 g/mol. The van der Waals surface area contributed by atoms with E-state index in [1.807, 2.05) is 39.8 Å². The van der Waals surface area contributed by atoms with Gasteiger partial charge in [-0.1, -0.05) is 19.1 Å². The van der Waals surface area contributed by atoms with Crippen LogP contribution in [0.25, 0.3) is 42.8 Å². The third-order valence-corrected chi connectivity index (χ3v) is 22.9. The van der Waals surface area contributed by atoms with Gasteiger partial charge < -0.3 is 50.0 Å². The van der Waals surface area contributed by atoms with Gasteiger partial charge in [0.05, 0.1) is 54.2 Å². The molecular formula is C82H94F6N20O6S4. The van der Waals surface area contributed by atoms with Crippen molar-refractivity contribution in [3.8, 4) is 54.3 Å². The van der Waals surface area contributed by atoms with Gasteiger partial charge in [-0.3, -0.25) is 9.68 Å². The summed E-state index contributed by atoms with van der Waals surface area (Å²) in [6, 6.07) is 26.6. The van der Waals surface area contributed by atoms with Crippen molar-refractivity contribution >= 4 is 91.9 Å². The molecule has 14 rings (SSSR count). The lowest BCUT2D eigenvalue weighted by Crippen LogP contribution is -2.44. The predicted molar refractivity (Wildman–Crippen MR) is 451 cm³/mol. The summed E-state index contributed by atoms with van der Waals surface area (Å²) in [6.07, 6.45) is 2.86. The standard InChI is InChI=1S/C24H29F3N6OS.C23H25F3N4O3S.C18H21N5OS.C17H19N5OS/c1-16-17(2)35-22(29-16)21-5-6-28-23(31-21)30-19-13-18(24(25,26)27)14-20(15-19)34-12-4-7-33-10-8-32(3)9-11-33;1-14-19(7-10-33-20-5-3-4-9-32-20)34-21(28-14)18-6-8-27-22(30-18)29-16-11-15(23(24,25)26)12-17(13-16)31-2;1-4-16-15(10-24-19)22-17(25-16)14-5-6-20-18(23-14)21-13-8-11(2)7-12(3)9-13;1-10-6-11(2)8-13(7-10)20-17-19-5-4-14(22-17)16-21-15(9-23-18)12(3)24-16/h5-6,13-15H,4,7-12H2,1-3H3,(H,28,30,31);6,8,11-13,20H,3-5,7,9-10H2,1-2H3,(H,27,29,30);5-9H,4,10,19H2,1-3H3,(H,20,21,23);4-8H,9,18H2,1-3H3,(H,19,20,22). The Kier molecular flexibility index (Phi) is 31.5. The average molecular weight is 1700 g/mol. The number of hydrogen-bond acceptors (Lipinski definition) is 30. The minimum Gasteiger partial charge on any atom is -0.497 e. The number of nitrogens with one attached hydrogen (secondary N) is 4. The summed E-state index contributed by atoms with van der Waals surface area (Å²) in [5.41, 5.74) is 11.7. The number of piperazine rings is 1. The number of rotatable bonds is 27. The Hall–Kier alpha value is -10.2. The quantitative estimate of drug-likeness (QED) is 0.0158. The van der Waals surface area contributed by atoms with Gasteiger partial charge in [0, 0.05) is 125 Å². The van der Waals surface area contributed by atoms with Crippen LogP contribution in [0.1, 0.15) is 108 Å². The van der Waals surface area contributed by atoms with Crippen LogP contribution in [0.15, 0.2) is 122 Å². The fourth-order valence-corrected chi connectivity index (χ4v) is 16.1. The first-order valence-corrected chi connectivity index (χ1v) is 41.2. The van der Waals surface area contributed by atoms with Gasteiger partial charge in [0.2, 0.25) is 23.8 Å². The summed E-state index contributed by atoms with van der Waals surface area (Å²) < 4.78 is 102.